The summed E-state index contributed by atoms with van der Waals surface area (Å²) in [6, 6.07) is 7.72. The molecule has 33 heavy (non-hydrogen) atoms. The number of hydrogen-bond acceptors (Lipinski definition) is 5. The Morgan fingerprint density at radius 2 is 1.94 bits per heavy atom. The number of nitrogens with one attached hydrogen (secondary N) is 2. The average Bonchev–Trinajstić information content (AvgIpc) is 3.09. The number of benzene rings is 1. The molecule has 0 bridgehead atoms. The average molecular weight is 445 g/mol. The van der Waals surface area contributed by atoms with E-state index in [0.29, 0.717) is 16.8 Å². The third-order valence-electron chi connectivity index (χ3n) is 5.81. The summed E-state index contributed by atoms with van der Waals surface area (Å²) in [6.45, 7) is 10.0. The maximum absolute atomic E-state index is 13.4. The molecular formula is C25H28N6O2. The Balaban J connectivity index is 1.82. The van der Waals surface area contributed by atoms with Crippen molar-refractivity contribution in [1.29, 1.82) is 0 Å². The van der Waals surface area contributed by atoms with E-state index in [9.17, 15) is 9.59 Å². The zero-order valence-corrected chi connectivity index (χ0v) is 19.5. The van der Waals surface area contributed by atoms with Crippen LogP contribution in [0.3, 0.4) is 0 Å². The Morgan fingerprint density at radius 1 is 1.18 bits per heavy atom. The van der Waals surface area contributed by atoms with Crippen LogP contribution in [0.1, 0.15) is 52.6 Å². The second kappa shape index (κ2) is 8.54. The smallest absolute Gasteiger partial charge is 0.253 e. The van der Waals surface area contributed by atoms with Gasteiger partial charge in [0.2, 0.25) is 5.95 Å². The number of hydrogen-bond donors (Lipinski definition) is 3. The van der Waals surface area contributed by atoms with Crippen molar-refractivity contribution in [3.63, 3.8) is 0 Å². The summed E-state index contributed by atoms with van der Waals surface area (Å²) >= 11 is 0. The number of aromatic nitrogens is 4. The molecule has 0 fully saturated rings. The van der Waals surface area contributed by atoms with Crippen LogP contribution in [0, 0.1) is 20.8 Å². The number of nitrogens with zero attached hydrogens (tertiary/aromatic N) is 3. The lowest BCUT2D eigenvalue weighted by molar-refractivity contribution is 0.0952. The summed E-state index contributed by atoms with van der Waals surface area (Å²) in [6.07, 6.45) is 3.65. The van der Waals surface area contributed by atoms with Gasteiger partial charge in [-0.2, -0.15) is 0 Å². The molecule has 170 valence electrons. The van der Waals surface area contributed by atoms with Crippen LogP contribution in [0.2, 0.25) is 0 Å². The lowest BCUT2D eigenvalue weighted by Gasteiger charge is -2.14. The summed E-state index contributed by atoms with van der Waals surface area (Å²) in [5.41, 5.74) is 11.7. The van der Waals surface area contributed by atoms with Gasteiger partial charge in [0.15, 0.2) is 0 Å². The van der Waals surface area contributed by atoms with Crippen LogP contribution in [-0.2, 0) is 6.54 Å². The fraction of sp³-hybridized carbons (Fsp3) is 0.280. The van der Waals surface area contributed by atoms with Gasteiger partial charge in [0.25, 0.3) is 11.5 Å². The van der Waals surface area contributed by atoms with Crippen molar-refractivity contribution in [3.8, 4) is 11.3 Å². The molecule has 4 rings (SSSR count). The molecule has 8 nitrogen and oxygen atoms in total. The Kier molecular flexibility index (Phi) is 5.76. The third-order valence-corrected chi connectivity index (χ3v) is 5.81. The lowest BCUT2D eigenvalue weighted by atomic mass is 10.0. The molecule has 4 aromatic rings. The van der Waals surface area contributed by atoms with Gasteiger partial charge in [0.05, 0.1) is 5.69 Å². The van der Waals surface area contributed by atoms with Crippen LogP contribution in [0.25, 0.3) is 22.2 Å². The molecule has 0 aliphatic rings. The number of anilines is 1. The van der Waals surface area contributed by atoms with Crippen LogP contribution in [0.4, 0.5) is 5.95 Å². The first-order valence-corrected chi connectivity index (χ1v) is 10.9. The maximum atomic E-state index is 13.4. The number of amides is 1. The van der Waals surface area contributed by atoms with E-state index in [1.54, 1.807) is 12.3 Å². The molecule has 0 atom stereocenters. The van der Waals surface area contributed by atoms with Crippen molar-refractivity contribution in [2.75, 3.05) is 5.73 Å². The Morgan fingerprint density at radius 3 is 2.61 bits per heavy atom. The fourth-order valence-corrected chi connectivity index (χ4v) is 4.24. The quantitative estimate of drug-likeness (QED) is 0.433. The van der Waals surface area contributed by atoms with Crippen LogP contribution in [0.5, 0.6) is 0 Å². The van der Waals surface area contributed by atoms with Gasteiger partial charge in [0, 0.05) is 58.3 Å². The Bertz CT molecular complexity index is 1430. The second-order valence-electron chi connectivity index (χ2n) is 8.66. The van der Waals surface area contributed by atoms with Crippen molar-refractivity contribution in [3.05, 3.63) is 75.0 Å². The predicted molar refractivity (Wildman–Crippen MR) is 130 cm³/mol. The molecule has 8 heteroatoms. The summed E-state index contributed by atoms with van der Waals surface area (Å²) in [5, 5.41) is 3.82. The zero-order chi connectivity index (χ0) is 23.9. The van der Waals surface area contributed by atoms with Crippen molar-refractivity contribution in [2.45, 2.75) is 47.2 Å². The van der Waals surface area contributed by atoms with Crippen molar-refractivity contribution in [1.82, 2.24) is 24.8 Å². The summed E-state index contributed by atoms with van der Waals surface area (Å²) < 4.78 is 2.14. The highest BCUT2D eigenvalue weighted by Gasteiger charge is 2.20. The topological polar surface area (TPSA) is 119 Å². The highest BCUT2D eigenvalue weighted by Crippen LogP contribution is 2.32. The minimum atomic E-state index is -0.257. The van der Waals surface area contributed by atoms with Crippen LogP contribution < -0.4 is 16.6 Å². The Hall–Kier alpha value is -3.94. The van der Waals surface area contributed by atoms with E-state index in [0.717, 1.165) is 33.3 Å². The molecule has 1 amide bonds. The number of nitrogen functional groups attached to an aromatic ring is 1. The highest BCUT2D eigenvalue weighted by molar-refractivity contribution is 6.09. The molecule has 0 aliphatic carbocycles. The van der Waals surface area contributed by atoms with Gasteiger partial charge in [-0.25, -0.2) is 9.97 Å². The Labute approximate surface area is 191 Å². The normalized spacial score (nSPS) is 11.3. The predicted octanol–water partition coefficient (Wildman–Crippen LogP) is 3.80. The summed E-state index contributed by atoms with van der Waals surface area (Å²) in [4.78, 5) is 36.9. The van der Waals surface area contributed by atoms with Gasteiger partial charge in [-0.05, 0) is 70.0 Å². The van der Waals surface area contributed by atoms with Gasteiger partial charge in [-0.3, -0.25) is 9.59 Å². The van der Waals surface area contributed by atoms with Gasteiger partial charge in [-0.15, -0.1) is 0 Å². The van der Waals surface area contributed by atoms with E-state index >= 15 is 0 Å². The first kappa shape index (κ1) is 22.3. The number of aromatic amines is 1. The monoisotopic (exact) mass is 444 g/mol. The van der Waals surface area contributed by atoms with Gasteiger partial charge >= 0.3 is 0 Å². The van der Waals surface area contributed by atoms with E-state index in [1.165, 1.54) is 0 Å². The van der Waals surface area contributed by atoms with E-state index < -0.39 is 0 Å². The fourth-order valence-electron chi connectivity index (χ4n) is 4.24. The van der Waals surface area contributed by atoms with Crippen molar-refractivity contribution in [2.24, 2.45) is 0 Å². The molecule has 3 aromatic heterocycles. The largest absolute Gasteiger partial charge is 0.368 e. The molecule has 0 aliphatic heterocycles. The number of carbonyl (C=O) groups excluding carboxylic acids is 1. The second-order valence-corrected chi connectivity index (χ2v) is 8.66. The minimum absolute atomic E-state index is 0.135. The zero-order valence-electron chi connectivity index (χ0n) is 19.5. The third kappa shape index (κ3) is 4.24. The molecule has 4 N–H and O–H groups in total. The van der Waals surface area contributed by atoms with E-state index in [2.05, 4.69) is 44.9 Å². The van der Waals surface area contributed by atoms with Gasteiger partial charge < -0.3 is 20.6 Å². The molecule has 3 heterocycles. The number of carbonyl (C=O) groups is 1. The highest BCUT2D eigenvalue weighted by atomic mass is 16.1. The first-order valence-electron chi connectivity index (χ1n) is 10.9. The van der Waals surface area contributed by atoms with Crippen LogP contribution >= 0.6 is 0 Å². The van der Waals surface area contributed by atoms with Crippen LogP contribution in [-0.4, -0.2) is 25.4 Å². The lowest BCUT2D eigenvalue weighted by Crippen LogP contribution is -2.28. The summed E-state index contributed by atoms with van der Waals surface area (Å²) in [5.74, 6) is -0.0871. The summed E-state index contributed by atoms with van der Waals surface area (Å²) in [7, 11) is 0. The molecule has 0 spiro atoms. The van der Waals surface area contributed by atoms with Crippen molar-refractivity contribution < 1.29 is 4.79 Å². The number of rotatable bonds is 5. The van der Waals surface area contributed by atoms with E-state index in [4.69, 9.17) is 5.73 Å². The molecule has 1 aromatic carbocycles. The van der Waals surface area contributed by atoms with E-state index in [1.807, 2.05) is 39.0 Å². The number of fused-ring (bicyclic) bond motifs is 1. The molecular weight excluding hydrogens is 416 g/mol. The first-order chi connectivity index (χ1) is 15.7. The van der Waals surface area contributed by atoms with Crippen LogP contribution in [0.15, 0.2) is 41.5 Å². The minimum Gasteiger partial charge on any atom is -0.368 e. The molecule has 0 unspecified atom stereocenters. The number of pyridine rings is 1. The number of aryl methyl sites for hydroxylation is 3. The van der Waals surface area contributed by atoms with Gasteiger partial charge in [0.1, 0.15) is 0 Å². The number of nitrogens with two attached hydrogens (primary N) is 1. The van der Waals surface area contributed by atoms with Crippen molar-refractivity contribution >= 4 is 22.8 Å². The maximum Gasteiger partial charge on any atom is 0.253 e. The molecule has 0 saturated heterocycles. The SMILES string of the molecule is Cc1cc(C)c(CNC(=O)c2cc(-c3ccnc(N)n3)cc3c2c(C)cn3C(C)C)c(=O)[nH]1. The van der Waals surface area contributed by atoms with E-state index in [-0.39, 0.29) is 30.0 Å². The number of H-pyrrole nitrogens is 1. The van der Waals surface area contributed by atoms with Gasteiger partial charge in [-0.1, -0.05) is 0 Å². The standard InChI is InChI=1S/C25H28N6O2/c1-13(2)31-12-15(4)22-18(9-17(10-21(22)31)20-6-7-27-25(26)30-20)23(32)28-11-19-14(3)8-16(5)29-24(19)33/h6-10,12-13H,11H2,1-5H3,(H,28,32)(H,29,33)(H2,26,27,30). The molecule has 0 radical (unpaired) electrons. The molecule has 0 saturated carbocycles.